The van der Waals surface area contributed by atoms with Gasteiger partial charge in [0.15, 0.2) is 5.82 Å². The molecule has 256 valence electrons. The summed E-state index contributed by atoms with van der Waals surface area (Å²) in [6.45, 7) is 0. The van der Waals surface area contributed by atoms with Gasteiger partial charge in [0, 0.05) is 66.4 Å². The Balaban J connectivity index is 1.17. The second-order valence-corrected chi connectivity index (χ2v) is 15.0. The van der Waals surface area contributed by atoms with Crippen molar-refractivity contribution in [2.24, 2.45) is 0 Å². The molecule has 0 atom stereocenters. The van der Waals surface area contributed by atoms with Gasteiger partial charge in [-0.2, -0.15) is 0 Å². The maximum atomic E-state index is 5.16. The van der Waals surface area contributed by atoms with Gasteiger partial charge < -0.3 is 9.13 Å². The fraction of sp³-hybridized carbons (Fsp3) is 0. The monoisotopic (exact) mass is 719 g/mol. The summed E-state index contributed by atoms with van der Waals surface area (Å²) in [5.41, 5.74) is 10.9. The Kier molecular flexibility index (Phi) is 6.44. The summed E-state index contributed by atoms with van der Waals surface area (Å²) in [4.78, 5) is 16.2. The molecule has 7 aromatic carbocycles. The van der Waals surface area contributed by atoms with Crippen molar-refractivity contribution in [3.8, 4) is 34.0 Å². The molecule has 0 saturated carbocycles. The molecule has 5 aromatic heterocycles. The number of aromatic nitrogens is 5. The number of hydrogen-bond acceptors (Lipinski definition) is 4. The van der Waals surface area contributed by atoms with E-state index in [1.807, 2.05) is 18.3 Å². The molecule has 0 aliphatic carbocycles. The van der Waals surface area contributed by atoms with Crippen LogP contribution in [-0.2, 0) is 0 Å². The summed E-state index contributed by atoms with van der Waals surface area (Å²) in [7, 11) is 0. The molecular formula is C49H29N5S. The Morgan fingerprint density at radius 1 is 0.418 bits per heavy atom. The molecule has 12 aromatic rings. The van der Waals surface area contributed by atoms with Gasteiger partial charge in [0.2, 0.25) is 0 Å². The highest BCUT2D eigenvalue weighted by Crippen LogP contribution is 2.50. The van der Waals surface area contributed by atoms with Crippen LogP contribution in [0.15, 0.2) is 176 Å². The Morgan fingerprint density at radius 2 is 1.00 bits per heavy atom. The summed E-state index contributed by atoms with van der Waals surface area (Å²) in [6, 6.07) is 60.1. The molecule has 6 heteroatoms. The zero-order chi connectivity index (χ0) is 36.0. The van der Waals surface area contributed by atoms with Crippen molar-refractivity contribution >= 4 is 86.2 Å². The number of para-hydroxylation sites is 4. The van der Waals surface area contributed by atoms with E-state index in [-0.39, 0.29) is 0 Å². The number of fused-ring (bicyclic) bond motifs is 13. The van der Waals surface area contributed by atoms with Gasteiger partial charge in [0.05, 0.1) is 38.0 Å². The summed E-state index contributed by atoms with van der Waals surface area (Å²) < 4.78 is 6.14. The van der Waals surface area contributed by atoms with Crippen molar-refractivity contribution in [1.82, 2.24) is 24.1 Å². The maximum absolute atomic E-state index is 5.16. The minimum atomic E-state index is 0.708. The normalized spacial score (nSPS) is 12.0. The molecule has 5 heterocycles. The zero-order valence-corrected chi connectivity index (χ0v) is 30.2. The molecule has 12 rings (SSSR count). The van der Waals surface area contributed by atoms with Crippen molar-refractivity contribution < 1.29 is 0 Å². The van der Waals surface area contributed by atoms with Crippen molar-refractivity contribution in [3.05, 3.63) is 176 Å². The van der Waals surface area contributed by atoms with Gasteiger partial charge >= 0.3 is 0 Å². The van der Waals surface area contributed by atoms with E-state index in [0.29, 0.717) is 5.82 Å². The number of pyridine rings is 1. The van der Waals surface area contributed by atoms with Crippen LogP contribution < -0.4 is 0 Å². The summed E-state index contributed by atoms with van der Waals surface area (Å²) in [5, 5.41) is 8.41. The van der Waals surface area contributed by atoms with E-state index in [0.717, 1.165) is 49.4 Å². The molecular weight excluding hydrogens is 691 g/mol. The summed E-state index contributed by atoms with van der Waals surface area (Å²) >= 11 is 1.78. The third-order valence-electron chi connectivity index (χ3n) is 11.0. The van der Waals surface area contributed by atoms with Gasteiger partial charge in [0.1, 0.15) is 4.83 Å². The maximum Gasteiger partial charge on any atom is 0.160 e. The van der Waals surface area contributed by atoms with E-state index in [9.17, 15) is 0 Å². The van der Waals surface area contributed by atoms with Crippen LogP contribution in [0.2, 0.25) is 0 Å². The van der Waals surface area contributed by atoms with E-state index in [1.165, 1.54) is 53.6 Å². The van der Waals surface area contributed by atoms with Gasteiger partial charge in [-0.05, 0) is 66.7 Å². The second-order valence-electron chi connectivity index (χ2n) is 14.0. The van der Waals surface area contributed by atoms with Crippen LogP contribution in [0.4, 0.5) is 0 Å². The van der Waals surface area contributed by atoms with Crippen LogP contribution in [0, 0.1) is 0 Å². The predicted molar refractivity (Wildman–Crippen MR) is 230 cm³/mol. The lowest BCUT2D eigenvalue weighted by Crippen LogP contribution is -1.97. The van der Waals surface area contributed by atoms with Gasteiger partial charge in [-0.25, -0.2) is 15.0 Å². The molecule has 0 N–H and O–H groups in total. The standard InChI is InChI=1S/C49H29N5S/c1-3-14-30(15-4-1)44-34-18-7-10-22-38(34)51-48(52-44)31-25-27-33(28-26-31)54-40-24-12-9-20-36(40)42-41-35-19-8-11-23-39(35)53(32-16-5-2-6-17-32)45(41)43-37-21-13-29-50-49(37)55-47(43)46(42)54/h1-29H. The SMILES string of the molecule is c1ccc(-c2nc(-c3ccc(-n4c5ccccc5c5c6c7ccccc7n(-c7ccccc7)c6c6c7cccnc7sc6c54)cc3)nc3ccccc23)cc1. The number of rotatable bonds is 4. The fourth-order valence-corrected chi connectivity index (χ4v) is 9.85. The lowest BCUT2D eigenvalue weighted by molar-refractivity contribution is 1.18. The quantitative estimate of drug-likeness (QED) is 0.182. The molecule has 0 spiro atoms. The van der Waals surface area contributed by atoms with Crippen LogP contribution in [0.25, 0.3) is 109 Å². The van der Waals surface area contributed by atoms with Gasteiger partial charge in [0.25, 0.3) is 0 Å². The van der Waals surface area contributed by atoms with Crippen LogP contribution in [-0.4, -0.2) is 24.1 Å². The lowest BCUT2D eigenvalue weighted by Gasteiger charge is -2.12. The first-order chi connectivity index (χ1) is 27.3. The minimum Gasteiger partial charge on any atom is -0.309 e. The third-order valence-corrected chi connectivity index (χ3v) is 12.1. The largest absolute Gasteiger partial charge is 0.309 e. The first-order valence-corrected chi connectivity index (χ1v) is 19.3. The van der Waals surface area contributed by atoms with Crippen LogP contribution in [0.3, 0.4) is 0 Å². The number of thiophene rings is 1. The van der Waals surface area contributed by atoms with E-state index in [1.54, 1.807) is 11.3 Å². The Hall–Kier alpha value is -7.15. The predicted octanol–water partition coefficient (Wildman–Crippen LogP) is 12.9. The first kappa shape index (κ1) is 30.3. The summed E-state index contributed by atoms with van der Waals surface area (Å²) in [5.74, 6) is 0.708. The van der Waals surface area contributed by atoms with Crippen molar-refractivity contribution in [2.45, 2.75) is 0 Å². The molecule has 0 bridgehead atoms. The van der Waals surface area contributed by atoms with Crippen LogP contribution in [0.5, 0.6) is 0 Å². The molecule has 0 saturated heterocycles. The molecule has 0 fully saturated rings. The van der Waals surface area contributed by atoms with E-state index in [2.05, 4.69) is 167 Å². The van der Waals surface area contributed by atoms with Gasteiger partial charge in [-0.15, -0.1) is 11.3 Å². The first-order valence-electron chi connectivity index (χ1n) is 18.5. The zero-order valence-electron chi connectivity index (χ0n) is 29.4. The minimum absolute atomic E-state index is 0.708. The van der Waals surface area contributed by atoms with Gasteiger partial charge in [-0.1, -0.05) is 103 Å². The molecule has 0 unspecified atom stereocenters. The molecule has 0 amide bonds. The van der Waals surface area contributed by atoms with Crippen molar-refractivity contribution in [1.29, 1.82) is 0 Å². The van der Waals surface area contributed by atoms with Crippen molar-refractivity contribution in [3.63, 3.8) is 0 Å². The topological polar surface area (TPSA) is 48.5 Å². The van der Waals surface area contributed by atoms with E-state index >= 15 is 0 Å². The fourth-order valence-electron chi connectivity index (χ4n) is 8.67. The molecule has 0 radical (unpaired) electrons. The Morgan fingerprint density at radius 3 is 1.75 bits per heavy atom. The summed E-state index contributed by atoms with van der Waals surface area (Å²) in [6.07, 6.45) is 1.91. The highest BCUT2D eigenvalue weighted by molar-refractivity contribution is 7.26. The molecule has 5 nitrogen and oxygen atoms in total. The molecule has 55 heavy (non-hydrogen) atoms. The molecule has 0 aliphatic heterocycles. The molecule has 0 aliphatic rings. The number of benzene rings is 7. The third kappa shape index (κ3) is 4.37. The number of nitrogens with zero attached hydrogens (tertiary/aromatic N) is 5. The van der Waals surface area contributed by atoms with E-state index in [4.69, 9.17) is 15.0 Å². The van der Waals surface area contributed by atoms with Gasteiger partial charge in [-0.3, -0.25) is 0 Å². The van der Waals surface area contributed by atoms with Crippen molar-refractivity contribution in [2.75, 3.05) is 0 Å². The smallest absolute Gasteiger partial charge is 0.160 e. The average molecular weight is 720 g/mol. The highest BCUT2D eigenvalue weighted by atomic mass is 32.1. The average Bonchev–Trinajstić information content (AvgIpc) is 3.92. The van der Waals surface area contributed by atoms with Crippen LogP contribution >= 0.6 is 11.3 Å². The second kappa shape index (κ2) is 11.7. The lowest BCUT2D eigenvalue weighted by atomic mass is 10.0. The van der Waals surface area contributed by atoms with E-state index < -0.39 is 0 Å². The number of hydrogen-bond donors (Lipinski definition) is 0. The Labute approximate surface area is 319 Å². The van der Waals surface area contributed by atoms with Crippen LogP contribution in [0.1, 0.15) is 0 Å². The highest BCUT2D eigenvalue weighted by Gasteiger charge is 2.27. The Bertz CT molecular complexity index is 3470.